The first kappa shape index (κ1) is 12.9. The summed E-state index contributed by atoms with van der Waals surface area (Å²) >= 11 is 11.3. The molecule has 1 saturated carbocycles. The Morgan fingerprint density at radius 2 is 2.38 bits per heavy atom. The second kappa shape index (κ2) is 5.85. The van der Waals surface area contributed by atoms with Gasteiger partial charge in [0.25, 0.3) is 0 Å². The summed E-state index contributed by atoms with van der Waals surface area (Å²) in [4.78, 5) is 1.37. The highest BCUT2D eigenvalue weighted by Gasteiger charge is 2.24. The summed E-state index contributed by atoms with van der Waals surface area (Å²) in [7, 11) is 0. The van der Waals surface area contributed by atoms with Crippen molar-refractivity contribution in [2.24, 2.45) is 5.92 Å². The van der Waals surface area contributed by atoms with Crippen LogP contribution in [0.5, 0.6) is 0 Å². The lowest BCUT2D eigenvalue weighted by Crippen LogP contribution is -2.25. The van der Waals surface area contributed by atoms with Crippen molar-refractivity contribution in [2.75, 3.05) is 6.54 Å². The van der Waals surface area contributed by atoms with Crippen LogP contribution in [0.2, 0.25) is 5.02 Å². The van der Waals surface area contributed by atoms with Crippen LogP contribution in [0.3, 0.4) is 0 Å². The zero-order valence-electron chi connectivity index (χ0n) is 9.43. The van der Waals surface area contributed by atoms with E-state index in [1.165, 1.54) is 30.6 Å². The molecule has 1 aromatic heterocycles. The van der Waals surface area contributed by atoms with Gasteiger partial charge in [0, 0.05) is 10.9 Å². The SMILES string of the molecule is CCNC(CC1CCC1)c1cc(Cl)c(Br)s1. The zero-order chi connectivity index (χ0) is 11.5. The Bertz CT molecular complexity index is 329. The molecule has 2 rings (SSSR count). The second-order valence-corrected chi connectivity index (χ2v) is 7.22. The molecule has 1 aliphatic carbocycles. The fraction of sp³-hybridized carbons (Fsp3) is 0.667. The Hall–Kier alpha value is 0.430. The molecule has 0 aromatic carbocycles. The third-order valence-electron chi connectivity index (χ3n) is 3.25. The summed E-state index contributed by atoms with van der Waals surface area (Å²) in [5.74, 6) is 0.920. The molecule has 1 nitrogen and oxygen atoms in total. The summed E-state index contributed by atoms with van der Waals surface area (Å²) in [6, 6.07) is 2.59. The highest BCUT2D eigenvalue weighted by Crippen LogP contribution is 2.40. The van der Waals surface area contributed by atoms with Gasteiger partial charge in [0.15, 0.2) is 0 Å². The van der Waals surface area contributed by atoms with E-state index in [4.69, 9.17) is 11.6 Å². The van der Waals surface area contributed by atoms with Gasteiger partial charge in [-0.25, -0.2) is 0 Å². The summed E-state index contributed by atoms with van der Waals surface area (Å²) in [5.41, 5.74) is 0. The number of nitrogens with one attached hydrogen (secondary N) is 1. The monoisotopic (exact) mass is 321 g/mol. The van der Waals surface area contributed by atoms with Crippen LogP contribution < -0.4 is 5.32 Å². The van der Waals surface area contributed by atoms with Gasteiger partial charge < -0.3 is 5.32 Å². The minimum absolute atomic E-state index is 0.490. The molecule has 1 heterocycles. The fourth-order valence-electron chi connectivity index (χ4n) is 2.14. The van der Waals surface area contributed by atoms with E-state index < -0.39 is 0 Å². The average Bonchev–Trinajstić information content (AvgIpc) is 2.51. The molecule has 1 aliphatic rings. The topological polar surface area (TPSA) is 12.0 Å². The maximum absolute atomic E-state index is 6.09. The van der Waals surface area contributed by atoms with Crippen molar-refractivity contribution < 1.29 is 0 Å². The van der Waals surface area contributed by atoms with Crippen LogP contribution in [0.15, 0.2) is 9.85 Å². The fourth-order valence-corrected chi connectivity index (χ4v) is 3.98. The highest BCUT2D eigenvalue weighted by molar-refractivity contribution is 9.11. The van der Waals surface area contributed by atoms with Crippen LogP contribution in [0, 0.1) is 5.92 Å². The maximum Gasteiger partial charge on any atom is 0.0887 e. The molecule has 0 aliphatic heterocycles. The van der Waals surface area contributed by atoms with Gasteiger partial charge in [-0.15, -0.1) is 11.3 Å². The van der Waals surface area contributed by atoms with Crippen LogP contribution >= 0.6 is 38.9 Å². The lowest BCUT2D eigenvalue weighted by Gasteiger charge is -2.29. The second-order valence-electron chi connectivity index (χ2n) is 4.41. The summed E-state index contributed by atoms with van der Waals surface area (Å²) in [5, 5.41) is 4.41. The van der Waals surface area contributed by atoms with Crippen LogP contribution in [0.1, 0.15) is 43.5 Å². The predicted octanol–water partition coefficient (Wildman–Crippen LogP) is 5.00. The molecule has 1 N–H and O–H groups in total. The largest absolute Gasteiger partial charge is 0.310 e. The van der Waals surface area contributed by atoms with E-state index in [2.05, 4.69) is 34.2 Å². The summed E-state index contributed by atoms with van der Waals surface area (Å²) < 4.78 is 1.06. The standard InChI is InChI=1S/C12H17BrClNS/c1-2-15-10(6-8-4-3-5-8)11-7-9(14)12(13)16-11/h7-8,10,15H,2-6H2,1H3. The Morgan fingerprint density at radius 1 is 1.62 bits per heavy atom. The van der Waals surface area contributed by atoms with Crippen molar-refractivity contribution in [3.63, 3.8) is 0 Å². The number of rotatable bonds is 5. The van der Waals surface area contributed by atoms with E-state index in [1.54, 1.807) is 11.3 Å². The minimum Gasteiger partial charge on any atom is -0.310 e. The van der Waals surface area contributed by atoms with Gasteiger partial charge in [-0.2, -0.15) is 0 Å². The minimum atomic E-state index is 0.490. The first-order valence-corrected chi connectivity index (χ1v) is 7.87. The lowest BCUT2D eigenvalue weighted by molar-refractivity contribution is 0.264. The van der Waals surface area contributed by atoms with E-state index in [0.717, 1.165) is 21.3 Å². The molecule has 0 amide bonds. The van der Waals surface area contributed by atoms with Crippen LogP contribution in [0.4, 0.5) is 0 Å². The Kier molecular flexibility index (Phi) is 4.71. The molecular weight excluding hydrogens is 306 g/mol. The zero-order valence-corrected chi connectivity index (χ0v) is 12.6. The molecule has 4 heteroatoms. The predicted molar refractivity (Wildman–Crippen MR) is 75.4 cm³/mol. The molecule has 0 saturated heterocycles. The van der Waals surface area contributed by atoms with Gasteiger partial charge in [-0.05, 0) is 40.9 Å². The van der Waals surface area contributed by atoms with Gasteiger partial charge in [-0.1, -0.05) is 37.8 Å². The number of hydrogen-bond donors (Lipinski definition) is 1. The molecule has 1 unspecified atom stereocenters. The summed E-state index contributed by atoms with van der Waals surface area (Å²) in [6.45, 7) is 3.18. The van der Waals surface area contributed by atoms with Gasteiger partial charge >= 0.3 is 0 Å². The van der Waals surface area contributed by atoms with Crippen LogP contribution in [-0.2, 0) is 0 Å². The number of halogens is 2. The molecule has 16 heavy (non-hydrogen) atoms. The summed E-state index contributed by atoms with van der Waals surface area (Å²) in [6.07, 6.45) is 5.49. The number of hydrogen-bond acceptors (Lipinski definition) is 2. The van der Waals surface area contributed by atoms with Crippen molar-refractivity contribution in [3.05, 3.63) is 19.8 Å². The van der Waals surface area contributed by atoms with Gasteiger partial charge in [-0.3, -0.25) is 0 Å². The molecular formula is C12H17BrClNS. The average molecular weight is 323 g/mol. The van der Waals surface area contributed by atoms with E-state index >= 15 is 0 Å². The van der Waals surface area contributed by atoms with Crippen molar-refractivity contribution >= 4 is 38.9 Å². The molecule has 90 valence electrons. The molecule has 0 bridgehead atoms. The Morgan fingerprint density at radius 3 is 2.81 bits per heavy atom. The van der Waals surface area contributed by atoms with Gasteiger partial charge in [0.2, 0.25) is 0 Å². The molecule has 1 atom stereocenters. The van der Waals surface area contributed by atoms with E-state index in [1.807, 2.05) is 0 Å². The quantitative estimate of drug-likeness (QED) is 0.804. The highest BCUT2D eigenvalue weighted by atomic mass is 79.9. The first-order chi connectivity index (χ1) is 7.70. The van der Waals surface area contributed by atoms with E-state index in [9.17, 15) is 0 Å². The third-order valence-corrected chi connectivity index (χ3v) is 5.84. The van der Waals surface area contributed by atoms with Crippen LogP contribution in [-0.4, -0.2) is 6.54 Å². The normalized spacial score (nSPS) is 18.4. The third kappa shape index (κ3) is 3.00. The van der Waals surface area contributed by atoms with Crippen molar-refractivity contribution in [3.8, 4) is 0 Å². The van der Waals surface area contributed by atoms with Gasteiger partial charge in [0.1, 0.15) is 0 Å². The van der Waals surface area contributed by atoms with E-state index in [-0.39, 0.29) is 0 Å². The lowest BCUT2D eigenvalue weighted by atomic mass is 9.80. The van der Waals surface area contributed by atoms with Crippen molar-refractivity contribution in [1.29, 1.82) is 0 Å². The van der Waals surface area contributed by atoms with E-state index in [0.29, 0.717) is 6.04 Å². The smallest absolute Gasteiger partial charge is 0.0887 e. The Balaban J connectivity index is 2.04. The molecule has 0 radical (unpaired) electrons. The maximum atomic E-state index is 6.09. The molecule has 1 fully saturated rings. The molecule has 1 aromatic rings. The Labute approximate surface area is 115 Å². The van der Waals surface area contributed by atoms with Crippen molar-refractivity contribution in [1.82, 2.24) is 5.32 Å². The van der Waals surface area contributed by atoms with Crippen LogP contribution in [0.25, 0.3) is 0 Å². The molecule has 0 spiro atoms. The first-order valence-electron chi connectivity index (χ1n) is 5.88. The van der Waals surface area contributed by atoms with Crippen molar-refractivity contribution in [2.45, 2.75) is 38.6 Å². The van der Waals surface area contributed by atoms with Gasteiger partial charge in [0.05, 0.1) is 8.81 Å². The number of thiophene rings is 1.